The average Bonchev–Trinajstić information content (AvgIpc) is 2.76. The van der Waals surface area contributed by atoms with Gasteiger partial charge in [0.05, 0.1) is 11.9 Å². The van der Waals surface area contributed by atoms with Crippen LogP contribution in [0.25, 0.3) is 0 Å². The number of hydrazine groups is 1. The van der Waals surface area contributed by atoms with E-state index in [1.54, 1.807) is 11.8 Å². The van der Waals surface area contributed by atoms with Crippen molar-refractivity contribution in [1.82, 2.24) is 16.2 Å². The van der Waals surface area contributed by atoms with Crippen molar-refractivity contribution < 1.29 is 0 Å². The fourth-order valence-corrected chi connectivity index (χ4v) is 2.09. The molecule has 2 atom stereocenters. The Morgan fingerprint density at radius 3 is 2.80 bits per heavy atom. The second kappa shape index (κ2) is 5.19. The second-order valence-corrected chi connectivity index (χ2v) is 4.29. The highest BCUT2D eigenvalue weighted by atomic mass is 32.2. The van der Waals surface area contributed by atoms with E-state index in [-0.39, 0.29) is 11.7 Å². The van der Waals surface area contributed by atoms with Crippen LogP contribution in [-0.4, -0.2) is 11.3 Å². The maximum atomic E-state index is 5.21. The minimum atomic E-state index is 0.154. The molecule has 2 rings (SSSR count). The number of hydrogen-bond donors (Lipinski definition) is 3. The molecule has 15 heavy (non-hydrogen) atoms. The lowest BCUT2D eigenvalue weighted by atomic mass is 10.2. The van der Waals surface area contributed by atoms with Gasteiger partial charge in [-0.05, 0) is 5.56 Å². The summed E-state index contributed by atoms with van der Waals surface area (Å²) in [7, 11) is 0. The maximum absolute atomic E-state index is 5.21. The maximum Gasteiger partial charge on any atom is 0.120 e. The molecule has 0 aromatic heterocycles. The molecule has 0 saturated carbocycles. The van der Waals surface area contributed by atoms with Gasteiger partial charge < -0.3 is 0 Å². The average molecular weight is 219 g/mol. The topological polar surface area (TPSA) is 36.1 Å². The van der Waals surface area contributed by atoms with Crippen molar-refractivity contribution in [2.75, 3.05) is 5.75 Å². The lowest BCUT2D eigenvalue weighted by Gasteiger charge is -2.10. The molecule has 2 unspecified atom stereocenters. The zero-order chi connectivity index (χ0) is 10.5. The van der Waals surface area contributed by atoms with Crippen LogP contribution in [-0.2, 0) is 0 Å². The highest BCUT2D eigenvalue weighted by Crippen LogP contribution is 2.17. The van der Waals surface area contributed by atoms with Gasteiger partial charge in [-0.3, -0.25) is 5.32 Å². The molecule has 1 fully saturated rings. The molecule has 1 aromatic carbocycles. The first-order chi connectivity index (χ1) is 7.40. The minimum absolute atomic E-state index is 0.154. The molecular formula is C11H13N3S. The number of benzene rings is 1. The van der Waals surface area contributed by atoms with Crippen LogP contribution in [0.5, 0.6) is 0 Å². The quantitative estimate of drug-likeness (QED) is 0.664. The molecule has 1 aliphatic heterocycles. The van der Waals surface area contributed by atoms with Crippen molar-refractivity contribution in [3.05, 3.63) is 35.9 Å². The van der Waals surface area contributed by atoms with E-state index in [0.717, 1.165) is 0 Å². The summed E-state index contributed by atoms with van der Waals surface area (Å²) in [6, 6.07) is 10.2. The molecule has 1 heterocycles. The smallest absolute Gasteiger partial charge is 0.120 e. The van der Waals surface area contributed by atoms with Crippen LogP contribution in [0.2, 0.25) is 0 Å². The van der Waals surface area contributed by atoms with Crippen LogP contribution in [0.15, 0.2) is 30.3 Å². The Labute approximate surface area is 94.0 Å². The van der Waals surface area contributed by atoms with E-state index < -0.39 is 0 Å². The van der Waals surface area contributed by atoms with Crippen LogP contribution < -0.4 is 16.2 Å². The number of hydrogen-bond acceptors (Lipinski definition) is 4. The summed E-state index contributed by atoms with van der Waals surface area (Å²) in [5, 5.41) is 3.39. The summed E-state index contributed by atoms with van der Waals surface area (Å²) in [4.78, 5) is 0. The highest BCUT2D eigenvalue weighted by molar-refractivity contribution is 8.00. The van der Waals surface area contributed by atoms with Crippen molar-refractivity contribution in [2.24, 2.45) is 0 Å². The first-order valence-corrected chi connectivity index (χ1v) is 5.82. The normalized spacial score (nSPS) is 25.0. The molecule has 0 amide bonds. The van der Waals surface area contributed by atoms with Gasteiger partial charge in [-0.1, -0.05) is 36.3 Å². The monoisotopic (exact) mass is 219 g/mol. The molecule has 3 N–H and O–H groups in total. The van der Waals surface area contributed by atoms with Crippen molar-refractivity contribution in [3.8, 4) is 12.3 Å². The van der Waals surface area contributed by atoms with Gasteiger partial charge in [0.25, 0.3) is 0 Å². The van der Waals surface area contributed by atoms with Gasteiger partial charge in [0.15, 0.2) is 0 Å². The molecule has 0 aliphatic carbocycles. The van der Waals surface area contributed by atoms with Crippen molar-refractivity contribution in [1.29, 1.82) is 0 Å². The predicted octanol–water partition coefficient (Wildman–Crippen LogP) is 1.03. The molecule has 0 spiro atoms. The zero-order valence-corrected chi connectivity index (χ0v) is 9.05. The second-order valence-electron chi connectivity index (χ2n) is 3.19. The van der Waals surface area contributed by atoms with Gasteiger partial charge >= 0.3 is 0 Å². The SMILES string of the molecule is C#CCSC1NNC(c2ccccc2)N1. The third-order valence-corrected chi connectivity index (χ3v) is 3.06. The summed E-state index contributed by atoms with van der Waals surface area (Å²) in [6.07, 6.45) is 5.36. The van der Waals surface area contributed by atoms with Gasteiger partial charge in [-0.15, -0.1) is 18.2 Å². The van der Waals surface area contributed by atoms with Gasteiger partial charge in [0, 0.05) is 0 Å². The van der Waals surface area contributed by atoms with Gasteiger partial charge in [0.2, 0.25) is 0 Å². The highest BCUT2D eigenvalue weighted by Gasteiger charge is 2.22. The Bertz CT molecular complexity index is 347. The molecule has 1 aromatic rings. The van der Waals surface area contributed by atoms with E-state index in [1.807, 2.05) is 18.2 Å². The van der Waals surface area contributed by atoms with Crippen LogP contribution in [0, 0.1) is 12.3 Å². The Morgan fingerprint density at radius 1 is 1.27 bits per heavy atom. The standard InChI is InChI=1S/C11H13N3S/c1-2-8-15-11-12-10(13-14-11)9-6-4-3-5-7-9/h1,3-7,10-14H,8H2. The van der Waals surface area contributed by atoms with E-state index in [4.69, 9.17) is 6.42 Å². The van der Waals surface area contributed by atoms with Crippen molar-refractivity contribution >= 4 is 11.8 Å². The first kappa shape index (κ1) is 10.5. The Morgan fingerprint density at radius 2 is 2.07 bits per heavy atom. The van der Waals surface area contributed by atoms with Gasteiger partial charge in [-0.2, -0.15) is 0 Å². The Kier molecular flexibility index (Phi) is 3.64. The van der Waals surface area contributed by atoms with Gasteiger partial charge in [-0.25, -0.2) is 10.9 Å². The fourth-order valence-electron chi connectivity index (χ4n) is 1.44. The van der Waals surface area contributed by atoms with Gasteiger partial charge in [0.1, 0.15) is 5.50 Å². The number of terminal acetylenes is 1. The van der Waals surface area contributed by atoms with E-state index in [0.29, 0.717) is 5.75 Å². The first-order valence-electron chi connectivity index (χ1n) is 4.77. The molecule has 0 bridgehead atoms. The van der Waals surface area contributed by atoms with E-state index in [2.05, 4.69) is 34.2 Å². The Balaban J connectivity index is 1.91. The number of thioether (sulfide) groups is 1. The molecule has 78 valence electrons. The number of nitrogens with one attached hydrogen (secondary N) is 3. The third kappa shape index (κ3) is 2.74. The molecule has 0 radical (unpaired) electrons. The molecular weight excluding hydrogens is 206 g/mol. The van der Waals surface area contributed by atoms with E-state index >= 15 is 0 Å². The summed E-state index contributed by atoms with van der Waals surface area (Å²) < 4.78 is 0. The largest absolute Gasteiger partial charge is 0.272 e. The fraction of sp³-hybridized carbons (Fsp3) is 0.273. The molecule has 1 saturated heterocycles. The lowest BCUT2D eigenvalue weighted by Crippen LogP contribution is -2.30. The number of rotatable bonds is 3. The molecule has 4 heteroatoms. The van der Waals surface area contributed by atoms with E-state index in [1.165, 1.54) is 5.56 Å². The van der Waals surface area contributed by atoms with Crippen LogP contribution in [0.1, 0.15) is 11.7 Å². The Hall–Kier alpha value is -0.990. The van der Waals surface area contributed by atoms with Crippen molar-refractivity contribution in [2.45, 2.75) is 11.7 Å². The third-order valence-electron chi connectivity index (χ3n) is 2.14. The summed E-state index contributed by atoms with van der Waals surface area (Å²) in [6.45, 7) is 0. The lowest BCUT2D eigenvalue weighted by molar-refractivity contribution is 0.555. The minimum Gasteiger partial charge on any atom is -0.272 e. The zero-order valence-electron chi connectivity index (χ0n) is 8.23. The van der Waals surface area contributed by atoms with E-state index in [9.17, 15) is 0 Å². The van der Waals surface area contributed by atoms with Crippen molar-refractivity contribution in [3.63, 3.8) is 0 Å². The molecule has 1 aliphatic rings. The van der Waals surface area contributed by atoms with Crippen LogP contribution in [0.3, 0.4) is 0 Å². The van der Waals surface area contributed by atoms with Crippen LogP contribution >= 0.6 is 11.8 Å². The van der Waals surface area contributed by atoms with Crippen LogP contribution in [0.4, 0.5) is 0 Å². The molecule has 3 nitrogen and oxygen atoms in total. The summed E-state index contributed by atoms with van der Waals surface area (Å²) >= 11 is 1.66. The predicted molar refractivity (Wildman–Crippen MR) is 63.7 cm³/mol. The summed E-state index contributed by atoms with van der Waals surface area (Å²) in [5.74, 6) is 3.31. The summed E-state index contributed by atoms with van der Waals surface area (Å²) in [5.41, 5.74) is 7.72.